The van der Waals surface area contributed by atoms with E-state index < -0.39 is 11.5 Å². The van der Waals surface area contributed by atoms with Crippen LogP contribution >= 0.6 is 0 Å². The summed E-state index contributed by atoms with van der Waals surface area (Å²) in [6.45, 7) is 1.64. The van der Waals surface area contributed by atoms with Crippen LogP contribution in [0.1, 0.15) is 12.8 Å². The standard InChI is InChI=1S/C7H14N2O2/c1-9-4-2-7(8,3-5-9)6(10)11/h2-5,8H2,1H3,(H,10,11)/p+1. The monoisotopic (exact) mass is 159 g/mol. The first-order chi connectivity index (χ1) is 5.04. The van der Waals surface area contributed by atoms with Crippen LogP contribution in [0.3, 0.4) is 0 Å². The maximum atomic E-state index is 10.8. The van der Waals surface area contributed by atoms with Crippen molar-refractivity contribution < 1.29 is 9.90 Å². The normalized spacial score (nSPS) is 24.9. The summed E-state index contributed by atoms with van der Waals surface area (Å²) in [6.07, 6.45) is 1.23. The molecule has 4 heteroatoms. The lowest BCUT2D eigenvalue weighted by atomic mass is 9.89. The Kier molecular flexibility index (Phi) is 2.15. The van der Waals surface area contributed by atoms with Crippen LogP contribution in [-0.4, -0.2) is 41.7 Å². The predicted molar refractivity (Wildman–Crippen MR) is 42.3 cm³/mol. The van der Waals surface area contributed by atoms with E-state index in [1.807, 2.05) is 7.05 Å². The molecule has 1 rings (SSSR count). The fourth-order valence-corrected chi connectivity index (χ4v) is 1.24. The number of hydrogen-bond donors (Lipinski definition) is 1. The fraction of sp³-hybridized carbons (Fsp3) is 0.857. The Morgan fingerprint density at radius 3 is 2.36 bits per heavy atom. The summed E-state index contributed by atoms with van der Waals surface area (Å²) >= 11 is 0. The molecule has 1 saturated heterocycles. The highest BCUT2D eigenvalue weighted by Crippen LogP contribution is 2.18. The molecule has 0 aromatic carbocycles. The molecule has 4 N–H and O–H groups in total. The fourth-order valence-electron chi connectivity index (χ4n) is 1.24. The van der Waals surface area contributed by atoms with Crippen molar-refractivity contribution in [2.45, 2.75) is 18.4 Å². The molecule has 0 aromatic rings. The molecule has 1 aliphatic rings. The molecule has 0 aliphatic carbocycles. The minimum atomic E-state index is -0.855. The molecule has 4 nitrogen and oxygen atoms in total. The van der Waals surface area contributed by atoms with Crippen LogP contribution in [0.15, 0.2) is 0 Å². The lowest BCUT2D eigenvalue weighted by Gasteiger charge is -2.31. The van der Waals surface area contributed by atoms with Crippen molar-refractivity contribution in [2.24, 2.45) is 5.73 Å². The second-order valence-electron chi connectivity index (χ2n) is 3.29. The Balaban J connectivity index is 2.55. The van der Waals surface area contributed by atoms with Crippen LogP contribution in [0, 0.1) is 0 Å². The van der Waals surface area contributed by atoms with Gasteiger partial charge >= 0.3 is 5.97 Å². The van der Waals surface area contributed by atoms with E-state index in [2.05, 4.69) is 4.90 Å². The van der Waals surface area contributed by atoms with Crippen LogP contribution in [0.4, 0.5) is 0 Å². The Hall–Kier alpha value is -0.610. The summed E-state index contributed by atoms with van der Waals surface area (Å²) in [5.41, 5.74) is 4.85. The lowest BCUT2D eigenvalue weighted by molar-refractivity contribution is -0.145. The van der Waals surface area contributed by atoms with Crippen molar-refractivity contribution in [1.82, 2.24) is 4.90 Å². The van der Waals surface area contributed by atoms with Gasteiger partial charge in [0.05, 0.1) is 0 Å². The van der Waals surface area contributed by atoms with Gasteiger partial charge in [-0.1, -0.05) is 0 Å². The van der Waals surface area contributed by atoms with Crippen molar-refractivity contribution in [1.29, 1.82) is 0 Å². The molecule has 1 aliphatic heterocycles. The van der Waals surface area contributed by atoms with E-state index in [9.17, 15) is 4.79 Å². The number of piperidine rings is 1. The van der Waals surface area contributed by atoms with E-state index in [-0.39, 0.29) is 0 Å². The first-order valence-electron chi connectivity index (χ1n) is 3.78. The van der Waals surface area contributed by atoms with Gasteiger partial charge in [-0.05, 0) is 19.9 Å². The zero-order valence-corrected chi connectivity index (χ0v) is 6.76. The Labute approximate surface area is 66.0 Å². The highest BCUT2D eigenvalue weighted by atomic mass is 16.4. The SMILES string of the molecule is CN1CCC(N)(C(=O)[OH2+])CC1. The first kappa shape index (κ1) is 8.49. The molecule has 1 fully saturated rings. The molecule has 0 atom stereocenters. The van der Waals surface area contributed by atoms with E-state index in [1.165, 1.54) is 0 Å². The van der Waals surface area contributed by atoms with Gasteiger partial charge < -0.3 is 15.7 Å². The topological polar surface area (TPSA) is 69.2 Å². The second-order valence-corrected chi connectivity index (χ2v) is 3.29. The number of likely N-dealkylation sites (tertiary alicyclic amines) is 1. The Morgan fingerprint density at radius 1 is 1.55 bits per heavy atom. The van der Waals surface area contributed by atoms with Gasteiger partial charge in [0.15, 0.2) is 5.54 Å². The number of nitrogens with zero attached hydrogens (tertiary/aromatic N) is 1. The molecule has 0 bridgehead atoms. The molecule has 11 heavy (non-hydrogen) atoms. The quantitative estimate of drug-likeness (QED) is 0.481. The van der Waals surface area contributed by atoms with Crippen molar-refractivity contribution >= 4 is 5.97 Å². The molecule has 0 radical (unpaired) electrons. The molecule has 1 heterocycles. The highest BCUT2D eigenvalue weighted by molar-refractivity contribution is 5.78. The van der Waals surface area contributed by atoms with E-state index in [4.69, 9.17) is 10.8 Å². The van der Waals surface area contributed by atoms with Crippen LogP contribution in [0.2, 0.25) is 0 Å². The smallest absolute Gasteiger partial charge is 0.536 e. The Morgan fingerprint density at radius 2 is 2.00 bits per heavy atom. The lowest BCUT2D eigenvalue weighted by Crippen LogP contribution is -2.54. The van der Waals surface area contributed by atoms with Gasteiger partial charge in [-0.15, -0.1) is 0 Å². The van der Waals surface area contributed by atoms with Gasteiger partial charge in [0.1, 0.15) is 0 Å². The number of nitrogens with two attached hydrogens (primary N) is 1. The van der Waals surface area contributed by atoms with Crippen LogP contribution < -0.4 is 5.73 Å². The summed E-state index contributed by atoms with van der Waals surface area (Å²) < 4.78 is 0. The molecular formula is C7H15N2O2+. The molecular weight excluding hydrogens is 144 g/mol. The third-order valence-corrected chi connectivity index (χ3v) is 2.33. The zero-order valence-electron chi connectivity index (χ0n) is 6.76. The predicted octanol–water partition coefficient (Wildman–Crippen LogP) is -1.34. The van der Waals surface area contributed by atoms with Gasteiger partial charge in [-0.25, -0.2) is 0 Å². The van der Waals surface area contributed by atoms with E-state index in [1.54, 1.807) is 0 Å². The third-order valence-electron chi connectivity index (χ3n) is 2.33. The zero-order chi connectivity index (χ0) is 8.48. The van der Waals surface area contributed by atoms with Crippen LogP contribution in [0.5, 0.6) is 0 Å². The average Bonchev–Trinajstić information content (AvgIpc) is 1.95. The van der Waals surface area contributed by atoms with Gasteiger partial charge in [-0.3, -0.25) is 0 Å². The molecule has 0 spiro atoms. The van der Waals surface area contributed by atoms with E-state index in [0.717, 1.165) is 13.1 Å². The first-order valence-corrected chi connectivity index (χ1v) is 3.78. The number of carbonyl (C=O) groups excluding carboxylic acids is 1. The number of hydrogen-bond acceptors (Lipinski definition) is 3. The second kappa shape index (κ2) is 2.79. The van der Waals surface area contributed by atoms with Gasteiger partial charge in [-0.2, -0.15) is 0 Å². The summed E-state index contributed by atoms with van der Waals surface area (Å²) in [5.74, 6) is -0.620. The van der Waals surface area contributed by atoms with E-state index >= 15 is 0 Å². The number of rotatable bonds is 1. The summed E-state index contributed by atoms with van der Waals surface area (Å²) in [4.78, 5) is 12.9. The summed E-state index contributed by atoms with van der Waals surface area (Å²) in [7, 11) is 1.99. The van der Waals surface area contributed by atoms with E-state index in [0.29, 0.717) is 12.8 Å². The largest absolute Gasteiger partial charge is 0.563 e. The van der Waals surface area contributed by atoms with Crippen molar-refractivity contribution in [3.63, 3.8) is 0 Å². The van der Waals surface area contributed by atoms with Crippen LogP contribution in [-0.2, 0) is 4.79 Å². The maximum absolute atomic E-state index is 10.8. The molecule has 0 aromatic heterocycles. The van der Waals surface area contributed by atoms with Crippen molar-refractivity contribution in [3.05, 3.63) is 0 Å². The van der Waals surface area contributed by atoms with Crippen molar-refractivity contribution in [3.8, 4) is 0 Å². The summed E-state index contributed by atoms with van der Waals surface area (Å²) in [5, 5.41) is 6.95. The van der Waals surface area contributed by atoms with Gasteiger partial charge in [0, 0.05) is 17.9 Å². The Bertz CT molecular complexity index is 162. The van der Waals surface area contributed by atoms with Crippen molar-refractivity contribution in [2.75, 3.05) is 20.1 Å². The maximum Gasteiger partial charge on any atom is 0.536 e. The highest BCUT2D eigenvalue weighted by Gasteiger charge is 2.42. The summed E-state index contributed by atoms with van der Waals surface area (Å²) in [6, 6.07) is 0. The average molecular weight is 159 g/mol. The number of carbonyl (C=O) groups is 1. The molecule has 0 amide bonds. The molecule has 0 saturated carbocycles. The van der Waals surface area contributed by atoms with Gasteiger partial charge in [0.25, 0.3) is 0 Å². The van der Waals surface area contributed by atoms with Crippen LogP contribution in [0.25, 0.3) is 0 Å². The minimum absolute atomic E-state index is 0.617. The van der Waals surface area contributed by atoms with Gasteiger partial charge in [0.2, 0.25) is 0 Å². The third kappa shape index (κ3) is 1.70. The minimum Gasteiger partial charge on any atom is -0.563 e. The molecule has 0 unspecified atom stereocenters. The molecule has 64 valence electrons.